The highest BCUT2D eigenvalue weighted by atomic mass is 35.5. The number of hydrogen-bond donors (Lipinski definition) is 1. The van der Waals surface area contributed by atoms with E-state index in [0.29, 0.717) is 48.3 Å². The van der Waals surface area contributed by atoms with Crippen molar-refractivity contribution in [2.45, 2.75) is 52.5 Å². The summed E-state index contributed by atoms with van der Waals surface area (Å²) >= 11 is 7.48. The first-order valence-corrected chi connectivity index (χ1v) is 11.5. The van der Waals surface area contributed by atoms with Gasteiger partial charge in [0.05, 0.1) is 24.5 Å². The number of rotatable bonds is 9. The van der Waals surface area contributed by atoms with E-state index in [1.165, 1.54) is 18.4 Å². The zero-order valence-electron chi connectivity index (χ0n) is 17.8. The van der Waals surface area contributed by atoms with Crippen molar-refractivity contribution in [3.05, 3.63) is 27.2 Å². The van der Waals surface area contributed by atoms with Crippen molar-refractivity contribution in [2.75, 3.05) is 31.6 Å². The summed E-state index contributed by atoms with van der Waals surface area (Å²) in [5.74, 6) is -0.186. The van der Waals surface area contributed by atoms with Crippen LogP contribution < -0.4 is 4.90 Å². The van der Waals surface area contributed by atoms with Crippen LogP contribution in [-0.4, -0.2) is 64.5 Å². The molecular formula is C20H28ClN5O3S. The van der Waals surface area contributed by atoms with Crippen LogP contribution in [0, 0.1) is 0 Å². The molecule has 0 radical (unpaired) electrons. The van der Waals surface area contributed by atoms with Crippen LogP contribution >= 0.6 is 22.9 Å². The van der Waals surface area contributed by atoms with Crippen molar-refractivity contribution in [2.24, 2.45) is 0 Å². The molecule has 0 unspecified atom stereocenters. The number of nitrogens with one attached hydrogen (secondary N) is 1. The average Bonchev–Trinajstić information content (AvgIpc) is 3.31. The number of anilines is 1. The summed E-state index contributed by atoms with van der Waals surface area (Å²) in [4.78, 5) is 41.5. The van der Waals surface area contributed by atoms with Gasteiger partial charge in [-0.15, -0.1) is 0 Å². The molecule has 0 spiro atoms. The van der Waals surface area contributed by atoms with E-state index < -0.39 is 0 Å². The number of ether oxygens (including phenoxy) is 1. The van der Waals surface area contributed by atoms with Gasteiger partial charge in [-0.3, -0.25) is 4.79 Å². The number of nitrogens with zero attached hydrogens (tertiary/aromatic N) is 4. The molecule has 1 amide bonds. The van der Waals surface area contributed by atoms with Crippen molar-refractivity contribution < 1.29 is 14.3 Å². The Morgan fingerprint density at radius 3 is 2.57 bits per heavy atom. The minimum Gasteiger partial charge on any atom is -0.465 e. The van der Waals surface area contributed by atoms with Crippen LogP contribution in [0.5, 0.6) is 0 Å². The van der Waals surface area contributed by atoms with Gasteiger partial charge in [-0.05, 0) is 19.3 Å². The predicted molar refractivity (Wildman–Crippen MR) is 118 cm³/mol. The maximum Gasteiger partial charge on any atom is 0.350 e. The molecule has 164 valence electrons. The molecule has 10 heteroatoms. The molecule has 0 aromatic carbocycles. The van der Waals surface area contributed by atoms with E-state index >= 15 is 0 Å². The number of esters is 1. The summed E-state index contributed by atoms with van der Waals surface area (Å²) in [6.45, 7) is 8.04. The lowest BCUT2D eigenvalue weighted by atomic mass is 10.1. The summed E-state index contributed by atoms with van der Waals surface area (Å²) in [6, 6.07) is 0.0635. The second kappa shape index (κ2) is 9.78. The number of H-pyrrole nitrogens is 1. The fraction of sp³-hybridized carbons (Fsp3) is 0.600. The lowest BCUT2D eigenvalue weighted by molar-refractivity contribution is 0.0602. The van der Waals surface area contributed by atoms with Crippen molar-refractivity contribution in [3.8, 4) is 0 Å². The monoisotopic (exact) mass is 453 g/mol. The number of aromatic amines is 1. The van der Waals surface area contributed by atoms with Crippen molar-refractivity contribution in [1.29, 1.82) is 0 Å². The van der Waals surface area contributed by atoms with Crippen LogP contribution in [0.2, 0.25) is 5.15 Å². The van der Waals surface area contributed by atoms with Crippen LogP contribution in [0.3, 0.4) is 0 Å². The molecule has 3 heterocycles. The Balaban J connectivity index is 1.73. The van der Waals surface area contributed by atoms with E-state index in [1.807, 2.05) is 18.7 Å². The molecule has 0 saturated carbocycles. The summed E-state index contributed by atoms with van der Waals surface area (Å²) in [7, 11) is 1.38. The quantitative estimate of drug-likeness (QED) is 0.583. The Kier molecular flexibility index (Phi) is 7.36. The van der Waals surface area contributed by atoms with E-state index in [9.17, 15) is 9.59 Å². The standard InChI is InChI=1S/C20H28ClN5O3S/c1-5-8-9-26(18(27)17-22-14(7-3)16(21)24-17)12-10-25(11-12)20-23-13(6-2)15(30-20)19(28)29-4/h12H,5-11H2,1-4H3,(H,22,24). The highest BCUT2D eigenvalue weighted by molar-refractivity contribution is 7.17. The van der Waals surface area contributed by atoms with Crippen LogP contribution in [0.25, 0.3) is 0 Å². The van der Waals surface area contributed by atoms with Gasteiger partial charge < -0.3 is 19.5 Å². The summed E-state index contributed by atoms with van der Waals surface area (Å²) in [5, 5.41) is 1.15. The Morgan fingerprint density at radius 1 is 1.27 bits per heavy atom. The fourth-order valence-electron chi connectivity index (χ4n) is 3.41. The second-order valence-corrected chi connectivity index (χ2v) is 8.57. The number of thiazole rings is 1. The van der Waals surface area contributed by atoms with E-state index in [1.54, 1.807) is 0 Å². The zero-order chi connectivity index (χ0) is 21.8. The van der Waals surface area contributed by atoms with Gasteiger partial charge in [-0.2, -0.15) is 0 Å². The molecule has 0 aliphatic carbocycles. The topological polar surface area (TPSA) is 91.4 Å². The predicted octanol–water partition coefficient (Wildman–Crippen LogP) is 3.56. The van der Waals surface area contributed by atoms with Gasteiger partial charge in [0.15, 0.2) is 16.1 Å². The van der Waals surface area contributed by atoms with E-state index in [4.69, 9.17) is 16.3 Å². The number of hydrogen-bond acceptors (Lipinski definition) is 7. The molecule has 8 nitrogen and oxygen atoms in total. The Labute approximate surface area is 185 Å². The lowest BCUT2D eigenvalue weighted by Gasteiger charge is -2.45. The number of halogens is 1. The number of methoxy groups -OCH3 is 1. The molecule has 0 bridgehead atoms. The second-order valence-electron chi connectivity index (χ2n) is 7.24. The Bertz CT molecular complexity index is 906. The molecule has 2 aromatic heterocycles. The number of aromatic nitrogens is 3. The largest absolute Gasteiger partial charge is 0.465 e. The molecule has 1 fully saturated rings. The average molecular weight is 454 g/mol. The van der Waals surface area contributed by atoms with Gasteiger partial charge in [0.25, 0.3) is 5.91 Å². The maximum atomic E-state index is 13.1. The van der Waals surface area contributed by atoms with Crippen LogP contribution in [-0.2, 0) is 17.6 Å². The minimum absolute atomic E-state index is 0.0635. The molecule has 30 heavy (non-hydrogen) atoms. The molecular weight excluding hydrogens is 426 g/mol. The van der Waals surface area contributed by atoms with Gasteiger partial charge in [-0.1, -0.05) is 50.1 Å². The van der Waals surface area contributed by atoms with Crippen LogP contribution in [0.1, 0.15) is 65.3 Å². The highest BCUT2D eigenvalue weighted by Crippen LogP contribution is 2.32. The van der Waals surface area contributed by atoms with Crippen molar-refractivity contribution in [3.63, 3.8) is 0 Å². The first-order valence-electron chi connectivity index (χ1n) is 10.3. The smallest absolute Gasteiger partial charge is 0.350 e. The maximum absolute atomic E-state index is 13.1. The number of imidazole rings is 1. The van der Waals surface area contributed by atoms with E-state index in [0.717, 1.165) is 29.4 Å². The third-order valence-corrected chi connectivity index (χ3v) is 6.71. The number of carbonyl (C=O) groups excluding carboxylic acids is 2. The third-order valence-electron chi connectivity index (χ3n) is 5.26. The Morgan fingerprint density at radius 2 is 2.00 bits per heavy atom. The zero-order valence-corrected chi connectivity index (χ0v) is 19.4. The van der Waals surface area contributed by atoms with Gasteiger partial charge in [0, 0.05) is 19.6 Å². The van der Waals surface area contributed by atoms with Gasteiger partial charge in [0.2, 0.25) is 0 Å². The first kappa shape index (κ1) is 22.6. The number of carbonyl (C=O) groups is 2. The lowest BCUT2D eigenvalue weighted by Crippen LogP contribution is -2.61. The minimum atomic E-state index is -0.353. The van der Waals surface area contributed by atoms with E-state index in [2.05, 4.69) is 26.8 Å². The Hall–Kier alpha value is -2.13. The number of unbranched alkanes of at least 4 members (excludes halogenated alkanes) is 1. The molecule has 1 N–H and O–H groups in total. The van der Waals surface area contributed by atoms with E-state index in [-0.39, 0.29) is 17.9 Å². The summed E-state index contributed by atoms with van der Waals surface area (Å²) < 4.78 is 4.87. The van der Waals surface area contributed by atoms with Gasteiger partial charge in [-0.25, -0.2) is 14.8 Å². The van der Waals surface area contributed by atoms with Crippen molar-refractivity contribution >= 4 is 39.9 Å². The fourth-order valence-corrected chi connectivity index (χ4v) is 4.77. The van der Waals surface area contributed by atoms with Crippen LogP contribution in [0.4, 0.5) is 5.13 Å². The first-order chi connectivity index (χ1) is 14.4. The van der Waals surface area contributed by atoms with Crippen molar-refractivity contribution in [1.82, 2.24) is 19.9 Å². The molecule has 1 saturated heterocycles. The van der Waals surface area contributed by atoms with Crippen LogP contribution in [0.15, 0.2) is 0 Å². The van der Waals surface area contributed by atoms with Gasteiger partial charge in [0.1, 0.15) is 4.88 Å². The third kappa shape index (κ3) is 4.46. The molecule has 2 aromatic rings. The SMILES string of the molecule is CCCCN(C(=O)c1nc(Cl)c(CC)[nH]1)C1CN(c2nc(CC)c(C(=O)OC)s2)C1. The molecule has 3 rings (SSSR count). The normalized spacial score (nSPS) is 14.0. The molecule has 1 aliphatic rings. The highest BCUT2D eigenvalue weighted by Gasteiger charge is 2.37. The summed E-state index contributed by atoms with van der Waals surface area (Å²) in [5.41, 5.74) is 1.53. The summed E-state index contributed by atoms with van der Waals surface area (Å²) in [6.07, 6.45) is 3.27. The van der Waals surface area contributed by atoms with Gasteiger partial charge >= 0.3 is 5.97 Å². The number of amides is 1. The molecule has 0 atom stereocenters. The molecule has 1 aliphatic heterocycles. The number of aryl methyl sites for hydroxylation is 2.